The van der Waals surface area contributed by atoms with E-state index < -0.39 is 0 Å². The molecule has 0 saturated heterocycles. The van der Waals surface area contributed by atoms with Crippen molar-refractivity contribution in [1.29, 1.82) is 0 Å². The molecule has 0 unspecified atom stereocenters. The van der Waals surface area contributed by atoms with E-state index in [0.29, 0.717) is 0 Å². The Morgan fingerprint density at radius 2 is 0.821 bits per heavy atom. The third-order valence-electron chi connectivity index (χ3n) is 12.8. The Kier molecular flexibility index (Phi) is 6.98. The summed E-state index contributed by atoms with van der Waals surface area (Å²) in [7, 11) is 0. The number of hydrogen-bond acceptors (Lipinski definition) is 1. The van der Waals surface area contributed by atoms with Crippen molar-refractivity contribution in [2.45, 2.75) is 38.5 Å². The molecule has 11 rings (SSSR count). The molecule has 0 N–H and O–H groups in total. The van der Waals surface area contributed by atoms with Gasteiger partial charge in [-0.1, -0.05) is 155 Å². The van der Waals surface area contributed by atoms with Crippen molar-refractivity contribution >= 4 is 38.9 Å². The minimum atomic E-state index is -0.102. The number of fused-ring (bicyclic) bond motifs is 9. The van der Waals surface area contributed by atoms with E-state index in [1.165, 1.54) is 83.1 Å². The zero-order chi connectivity index (χ0) is 37.8. The highest BCUT2D eigenvalue weighted by molar-refractivity contribution is 6.09. The molecular weight excluding hydrogens is 677 g/mol. The van der Waals surface area contributed by atoms with Gasteiger partial charge < -0.3 is 9.47 Å². The molecule has 56 heavy (non-hydrogen) atoms. The van der Waals surface area contributed by atoms with Crippen molar-refractivity contribution in [3.8, 4) is 39.1 Å². The average Bonchev–Trinajstić information content (AvgIpc) is 3.78. The van der Waals surface area contributed by atoms with Crippen LogP contribution in [0.2, 0.25) is 0 Å². The number of aromatic nitrogens is 1. The molecule has 0 bridgehead atoms. The maximum Gasteiger partial charge on any atom is 0.0541 e. The molecule has 1 aromatic heterocycles. The number of rotatable bonds is 5. The fourth-order valence-corrected chi connectivity index (χ4v) is 10.0. The molecule has 8 aromatic carbocycles. The molecule has 0 saturated carbocycles. The van der Waals surface area contributed by atoms with Gasteiger partial charge in [-0.3, -0.25) is 0 Å². The Morgan fingerprint density at radius 1 is 0.357 bits per heavy atom. The fraction of sp³-hybridized carbons (Fsp3) is 0.111. The topological polar surface area (TPSA) is 8.17 Å². The van der Waals surface area contributed by atoms with Crippen LogP contribution < -0.4 is 4.90 Å². The predicted molar refractivity (Wildman–Crippen MR) is 236 cm³/mol. The lowest BCUT2D eigenvalue weighted by atomic mass is 9.82. The van der Waals surface area contributed by atoms with Crippen LogP contribution in [0.1, 0.15) is 49.9 Å². The van der Waals surface area contributed by atoms with E-state index >= 15 is 0 Å². The van der Waals surface area contributed by atoms with Gasteiger partial charge in [0.25, 0.3) is 0 Å². The quantitative estimate of drug-likeness (QED) is 0.172. The van der Waals surface area contributed by atoms with Crippen molar-refractivity contribution in [3.63, 3.8) is 0 Å². The lowest BCUT2D eigenvalue weighted by molar-refractivity contribution is 0.660. The van der Waals surface area contributed by atoms with E-state index in [4.69, 9.17) is 0 Å². The molecule has 2 nitrogen and oxygen atoms in total. The zero-order valence-corrected chi connectivity index (χ0v) is 32.2. The van der Waals surface area contributed by atoms with Gasteiger partial charge in [0.1, 0.15) is 0 Å². The van der Waals surface area contributed by atoms with Crippen molar-refractivity contribution in [1.82, 2.24) is 4.57 Å². The van der Waals surface area contributed by atoms with Crippen LogP contribution in [0.3, 0.4) is 0 Å². The minimum Gasteiger partial charge on any atom is -0.310 e. The van der Waals surface area contributed by atoms with Crippen LogP contribution in [0.5, 0.6) is 0 Å². The lowest BCUT2D eigenvalue weighted by Crippen LogP contribution is -2.17. The first-order chi connectivity index (χ1) is 27.3. The maximum absolute atomic E-state index is 2.45. The van der Waals surface area contributed by atoms with Crippen molar-refractivity contribution < 1.29 is 0 Å². The van der Waals surface area contributed by atoms with Crippen molar-refractivity contribution in [2.24, 2.45) is 0 Å². The summed E-state index contributed by atoms with van der Waals surface area (Å²) in [6.07, 6.45) is 0. The Bertz CT molecular complexity index is 2980. The van der Waals surface area contributed by atoms with Gasteiger partial charge in [-0.15, -0.1) is 0 Å². The van der Waals surface area contributed by atoms with Gasteiger partial charge in [0.15, 0.2) is 0 Å². The first kappa shape index (κ1) is 32.8. The standard InChI is InChI=1S/C54H42N2/c1-53(2)47-21-11-6-17-41(47)45-33-37(30-32-48(45)53)55(38-29-31-42-40-16-5-10-20-46(40)54(3,4)49(42)34-38)36-27-25-35(26-28-36)39-15-7-12-22-50(39)56-51-23-13-8-18-43(51)44-19-9-14-24-52(44)56/h5-34H,1-4H3. The zero-order valence-electron chi connectivity index (χ0n) is 32.2. The SMILES string of the molecule is CC1(C)c2ccccc2-c2cc(N(c3ccc(-c4ccccc4-n4c5ccccc5c5ccccc54)cc3)c3ccc4c(c3)C(C)(C)c3ccccc3-4)ccc21. The normalized spacial score (nSPS) is 14.4. The van der Waals surface area contributed by atoms with E-state index in [1.54, 1.807) is 0 Å². The molecule has 2 aliphatic carbocycles. The molecule has 2 heteroatoms. The minimum absolute atomic E-state index is 0.0515. The highest BCUT2D eigenvalue weighted by atomic mass is 15.1. The molecule has 2 aliphatic rings. The number of anilines is 3. The summed E-state index contributed by atoms with van der Waals surface area (Å²) < 4.78 is 2.42. The van der Waals surface area contributed by atoms with Crippen LogP contribution in [0.25, 0.3) is 60.9 Å². The summed E-state index contributed by atoms with van der Waals surface area (Å²) >= 11 is 0. The van der Waals surface area contributed by atoms with Gasteiger partial charge in [-0.2, -0.15) is 0 Å². The second kappa shape index (κ2) is 11.9. The van der Waals surface area contributed by atoms with Gasteiger partial charge in [-0.05, 0) is 105 Å². The van der Waals surface area contributed by atoms with Gasteiger partial charge in [0.05, 0.1) is 16.7 Å². The van der Waals surface area contributed by atoms with E-state index in [9.17, 15) is 0 Å². The van der Waals surface area contributed by atoms with E-state index in [0.717, 1.165) is 17.1 Å². The Labute approximate surface area is 328 Å². The molecule has 0 aliphatic heterocycles. The summed E-state index contributed by atoms with van der Waals surface area (Å²) in [5, 5.41) is 2.54. The number of para-hydroxylation sites is 3. The molecule has 0 atom stereocenters. The smallest absolute Gasteiger partial charge is 0.0541 e. The van der Waals surface area contributed by atoms with Crippen molar-refractivity contribution in [3.05, 3.63) is 204 Å². The molecule has 0 radical (unpaired) electrons. The first-order valence-corrected chi connectivity index (χ1v) is 19.8. The number of benzene rings is 8. The van der Waals surface area contributed by atoms with E-state index in [2.05, 4.69) is 219 Å². The molecule has 0 spiro atoms. The molecule has 268 valence electrons. The number of hydrogen-bond donors (Lipinski definition) is 0. The molecule has 9 aromatic rings. The van der Waals surface area contributed by atoms with Crippen LogP contribution in [0, 0.1) is 0 Å². The fourth-order valence-electron chi connectivity index (χ4n) is 10.0. The van der Waals surface area contributed by atoms with E-state index in [-0.39, 0.29) is 10.8 Å². The van der Waals surface area contributed by atoms with Crippen LogP contribution in [0.15, 0.2) is 182 Å². The first-order valence-electron chi connectivity index (χ1n) is 19.8. The van der Waals surface area contributed by atoms with Gasteiger partial charge in [-0.25, -0.2) is 0 Å². The Balaban J connectivity index is 1.07. The monoisotopic (exact) mass is 718 g/mol. The van der Waals surface area contributed by atoms with Gasteiger partial charge >= 0.3 is 0 Å². The summed E-state index contributed by atoms with van der Waals surface area (Å²) in [5.41, 5.74) is 20.1. The van der Waals surface area contributed by atoms with Crippen LogP contribution in [-0.2, 0) is 10.8 Å². The average molecular weight is 719 g/mol. The predicted octanol–water partition coefficient (Wildman–Crippen LogP) is 14.5. The summed E-state index contributed by atoms with van der Waals surface area (Å²) in [5.74, 6) is 0. The number of nitrogens with zero attached hydrogens (tertiary/aromatic N) is 2. The second-order valence-corrected chi connectivity index (χ2v) is 16.6. The van der Waals surface area contributed by atoms with Crippen molar-refractivity contribution in [2.75, 3.05) is 4.90 Å². The summed E-state index contributed by atoms with van der Waals surface area (Å²) in [6, 6.07) is 67.5. The molecule has 1 heterocycles. The summed E-state index contributed by atoms with van der Waals surface area (Å²) in [4.78, 5) is 2.45. The van der Waals surface area contributed by atoms with Crippen LogP contribution >= 0.6 is 0 Å². The van der Waals surface area contributed by atoms with E-state index in [1.807, 2.05) is 0 Å². The summed E-state index contributed by atoms with van der Waals surface area (Å²) in [6.45, 7) is 9.43. The highest BCUT2D eigenvalue weighted by Gasteiger charge is 2.37. The molecular formula is C54H42N2. The molecule has 0 amide bonds. The third-order valence-corrected chi connectivity index (χ3v) is 12.8. The molecule has 0 fully saturated rings. The Morgan fingerprint density at radius 3 is 1.50 bits per heavy atom. The van der Waals surface area contributed by atoms with Gasteiger partial charge in [0, 0.05) is 44.2 Å². The maximum atomic E-state index is 2.45. The van der Waals surface area contributed by atoms with Gasteiger partial charge in [0.2, 0.25) is 0 Å². The second-order valence-electron chi connectivity index (χ2n) is 16.6. The van der Waals surface area contributed by atoms with Crippen LogP contribution in [0.4, 0.5) is 17.1 Å². The highest BCUT2D eigenvalue weighted by Crippen LogP contribution is 2.53. The van der Waals surface area contributed by atoms with Crippen LogP contribution in [-0.4, -0.2) is 4.57 Å². The largest absolute Gasteiger partial charge is 0.310 e. The third kappa shape index (κ3) is 4.62. The lowest BCUT2D eigenvalue weighted by Gasteiger charge is -2.29. The Hall–Kier alpha value is -6.64.